The van der Waals surface area contributed by atoms with E-state index in [9.17, 15) is 44.4 Å². The fraction of sp³-hybridized carbons (Fsp3) is 0.643. The molecule has 0 aliphatic carbocycles. The van der Waals surface area contributed by atoms with Gasteiger partial charge in [0.05, 0.1) is 0 Å². The number of aliphatic hydroxyl groups excluding tert-OH is 1. The summed E-state index contributed by atoms with van der Waals surface area (Å²) in [4.78, 5) is 57.4. The third-order valence-electron chi connectivity index (χ3n) is 3.78. The van der Waals surface area contributed by atoms with Crippen LogP contribution in [0.1, 0.15) is 27.7 Å². The van der Waals surface area contributed by atoms with Crippen molar-refractivity contribution in [1.29, 1.82) is 0 Å². The van der Waals surface area contributed by atoms with Gasteiger partial charge in [-0.1, -0.05) is 0 Å². The number of carbonyl (C=O) groups is 5. The first-order chi connectivity index (χ1) is 10.7. The van der Waals surface area contributed by atoms with Crippen molar-refractivity contribution in [1.82, 2.24) is 0 Å². The van der Waals surface area contributed by atoms with Crippen molar-refractivity contribution in [3.8, 4) is 0 Å². The van der Waals surface area contributed by atoms with Crippen molar-refractivity contribution >= 4 is 29.6 Å². The van der Waals surface area contributed by atoms with Crippen LogP contribution >= 0.6 is 0 Å². The van der Waals surface area contributed by atoms with Gasteiger partial charge in [-0.05, 0) is 20.8 Å². The number of ether oxygens (including phenoxy) is 1. The molecule has 0 spiro atoms. The summed E-state index contributed by atoms with van der Waals surface area (Å²) in [6.07, 6.45) is -2.96. The lowest BCUT2D eigenvalue weighted by Crippen LogP contribution is -2.80. The summed E-state index contributed by atoms with van der Waals surface area (Å²) in [7, 11) is 0. The van der Waals surface area contributed by atoms with E-state index in [1.54, 1.807) is 0 Å². The molecule has 4 atom stereocenters. The predicted molar refractivity (Wildman–Crippen MR) is 75.6 cm³/mol. The van der Waals surface area contributed by atoms with Crippen LogP contribution in [0.25, 0.3) is 0 Å². The summed E-state index contributed by atoms with van der Waals surface area (Å²) in [5.74, 6) is -5.40. The first kappa shape index (κ1) is 22.0. The van der Waals surface area contributed by atoms with E-state index in [1.807, 2.05) is 0 Å². The second-order valence-corrected chi connectivity index (χ2v) is 5.35. The molecule has 136 valence electrons. The Morgan fingerprint density at radius 1 is 0.958 bits per heavy atom. The first-order valence-electron chi connectivity index (χ1n) is 6.71. The van der Waals surface area contributed by atoms with E-state index in [1.165, 1.54) is 0 Å². The quantitative estimate of drug-likeness (QED) is 0.192. The SMILES string of the molecule is CC(=O)OC[C@@H](O)[C@](O)(C(C)=O)[C@@](O)(C(C)=O)[C@](O)(C=O)C(C)=O. The van der Waals surface area contributed by atoms with Crippen LogP contribution < -0.4 is 0 Å². The summed E-state index contributed by atoms with van der Waals surface area (Å²) < 4.78 is 4.40. The van der Waals surface area contributed by atoms with Crippen LogP contribution in [-0.2, 0) is 28.7 Å². The molecule has 4 N–H and O–H groups in total. The highest BCUT2D eigenvalue weighted by atomic mass is 16.5. The van der Waals surface area contributed by atoms with Crippen molar-refractivity contribution in [2.24, 2.45) is 0 Å². The van der Waals surface area contributed by atoms with Gasteiger partial charge in [-0.3, -0.25) is 24.0 Å². The third-order valence-corrected chi connectivity index (χ3v) is 3.78. The number of ketones is 3. The zero-order chi connectivity index (χ0) is 19.5. The maximum atomic E-state index is 11.9. The second-order valence-electron chi connectivity index (χ2n) is 5.35. The molecule has 0 unspecified atom stereocenters. The molecule has 0 bridgehead atoms. The Kier molecular flexibility index (Phi) is 6.65. The summed E-state index contributed by atoms with van der Waals surface area (Å²) in [6.45, 7) is 1.73. The van der Waals surface area contributed by atoms with Crippen LogP contribution in [0.2, 0.25) is 0 Å². The molecule has 0 amide bonds. The fourth-order valence-electron chi connectivity index (χ4n) is 2.30. The average molecular weight is 348 g/mol. The lowest BCUT2D eigenvalue weighted by molar-refractivity contribution is -0.244. The summed E-state index contributed by atoms with van der Waals surface area (Å²) in [6, 6.07) is 0. The van der Waals surface area contributed by atoms with Gasteiger partial charge in [0.15, 0.2) is 29.2 Å². The molecule has 0 aromatic carbocycles. The van der Waals surface area contributed by atoms with Crippen molar-refractivity contribution < 1.29 is 49.1 Å². The number of aldehydes is 1. The monoisotopic (exact) mass is 348 g/mol. The van der Waals surface area contributed by atoms with E-state index in [2.05, 4.69) is 4.74 Å². The lowest BCUT2D eigenvalue weighted by Gasteiger charge is -2.47. The standard InChI is InChI=1S/C14H20O10/c1-7(16)12(21,6-15)14(23,9(3)18)13(22,8(2)17)11(20)5-24-10(4)19/h6,11,20-23H,5H2,1-4H3/t11-,12+,13-,14-/m1/s1. The Bertz CT molecular complexity index is 570. The van der Waals surface area contributed by atoms with Gasteiger partial charge in [0, 0.05) is 6.92 Å². The molecule has 0 aliphatic rings. The fourth-order valence-corrected chi connectivity index (χ4v) is 2.30. The maximum Gasteiger partial charge on any atom is 0.302 e. The summed E-state index contributed by atoms with van der Waals surface area (Å²) in [5.41, 5.74) is -10.8. The number of hydrogen-bond acceptors (Lipinski definition) is 10. The Balaban J connectivity index is 6.54. The van der Waals surface area contributed by atoms with Gasteiger partial charge in [-0.2, -0.15) is 0 Å². The van der Waals surface area contributed by atoms with Gasteiger partial charge >= 0.3 is 5.97 Å². The maximum absolute atomic E-state index is 11.9. The Morgan fingerprint density at radius 2 is 1.42 bits per heavy atom. The molecule has 10 heteroatoms. The number of Topliss-reactive ketones (excluding diaryl/α,β-unsaturated/α-hetero) is 3. The molecular weight excluding hydrogens is 328 g/mol. The second kappa shape index (κ2) is 7.26. The topological polar surface area (TPSA) is 176 Å². The van der Waals surface area contributed by atoms with E-state index in [-0.39, 0.29) is 0 Å². The summed E-state index contributed by atoms with van der Waals surface area (Å²) >= 11 is 0. The van der Waals surface area contributed by atoms with Crippen LogP contribution in [0.15, 0.2) is 0 Å². The predicted octanol–water partition coefficient (Wildman–Crippen LogP) is -2.93. The van der Waals surface area contributed by atoms with Crippen molar-refractivity contribution in [2.75, 3.05) is 6.61 Å². The highest BCUT2D eigenvalue weighted by Crippen LogP contribution is 2.37. The van der Waals surface area contributed by atoms with Crippen molar-refractivity contribution in [2.45, 2.75) is 50.6 Å². The van der Waals surface area contributed by atoms with Gasteiger partial charge in [-0.25, -0.2) is 0 Å². The highest BCUT2D eigenvalue weighted by Gasteiger charge is 2.72. The van der Waals surface area contributed by atoms with Crippen LogP contribution in [0, 0.1) is 0 Å². The van der Waals surface area contributed by atoms with E-state index in [4.69, 9.17) is 0 Å². The number of carbonyl (C=O) groups excluding carboxylic acids is 5. The third kappa shape index (κ3) is 3.13. The van der Waals surface area contributed by atoms with Crippen molar-refractivity contribution in [3.63, 3.8) is 0 Å². The van der Waals surface area contributed by atoms with E-state index in [0.717, 1.165) is 6.92 Å². The number of aliphatic hydroxyl groups is 4. The van der Waals surface area contributed by atoms with Gasteiger partial charge in [0.1, 0.15) is 12.7 Å². The molecule has 0 rings (SSSR count). The smallest absolute Gasteiger partial charge is 0.302 e. The Labute approximate surface area is 137 Å². The molecule has 10 nitrogen and oxygen atoms in total. The molecule has 24 heavy (non-hydrogen) atoms. The average Bonchev–Trinajstić information content (AvgIpc) is 2.48. The minimum absolute atomic E-state index is 0.525. The highest BCUT2D eigenvalue weighted by molar-refractivity contribution is 6.12. The van der Waals surface area contributed by atoms with Crippen LogP contribution in [-0.4, -0.2) is 79.5 Å². The van der Waals surface area contributed by atoms with E-state index < -0.39 is 59.1 Å². The molecule has 0 heterocycles. The first-order valence-corrected chi connectivity index (χ1v) is 6.71. The largest absolute Gasteiger partial charge is 0.463 e. The normalized spacial score (nSPS) is 19.8. The number of rotatable bonds is 9. The minimum Gasteiger partial charge on any atom is -0.463 e. The van der Waals surface area contributed by atoms with Gasteiger partial charge in [-0.15, -0.1) is 0 Å². The van der Waals surface area contributed by atoms with E-state index in [0.29, 0.717) is 20.8 Å². The lowest BCUT2D eigenvalue weighted by atomic mass is 9.63. The summed E-state index contributed by atoms with van der Waals surface area (Å²) in [5, 5.41) is 41.3. The molecular formula is C14H20O10. The molecule has 0 aromatic heterocycles. The Hall–Kier alpha value is -2.01. The van der Waals surface area contributed by atoms with Crippen LogP contribution in [0.3, 0.4) is 0 Å². The number of hydrogen-bond donors (Lipinski definition) is 4. The number of esters is 1. The van der Waals surface area contributed by atoms with Gasteiger partial charge < -0.3 is 25.2 Å². The Morgan fingerprint density at radius 3 is 1.67 bits per heavy atom. The molecule has 0 aromatic rings. The molecule has 0 fully saturated rings. The molecule has 0 aliphatic heterocycles. The van der Waals surface area contributed by atoms with Crippen LogP contribution in [0.5, 0.6) is 0 Å². The van der Waals surface area contributed by atoms with Gasteiger partial charge in [0.2, 0.25) is 11.2 Å². The van der Waals surface area contributed by atoms with Crippen molar-refractivity contribution in [3.05, 3.63) is 0 Å². The zero-order valence-corrected chi connectivity index (χ0v) is 13.6. The molecule has 0 radical (unpaired) electrons. The van der Waals surface area contributed by atoms with Crippen LogP contribution in [0.4, 0.5) is 0 Å². The van der Waals surface area contributed by atoms with E-state index >= 15 is 0 Å². The van der Waals surface area contributed by atoms with Gasteiger partial charge in [0.25, 0.3) is 0 Å². The zero-order valence-electron chi connectivity index (χ0n) is 13.6. The molecule has 0 saturated heterocycles. The minimum atomic E-state index is -3.72. The molecule has 0 saturated carbocycles.